The fraction of sp³-hybridized carbons (Fsp3) is 0.391. The van der Waals surface area contributed by atoms with E-state index in [1.54, 1.807) is 36.2 Å². The number of halogens is 1. The van der Waals surface area contributed by atoms with Crippen LogP contribution in [0.2, 0.25) is 0 Å². The lowest BCUT2D eigenvalue weighted by atomic mass is 10.0. The van der Waals surface area contributed by atoms with Crippen LogP contribution in [0.25, 0.3) is 0 Å². The van der Waals surface area contributed by atoms with Gasteiger partial charge in [0, 0.05) is 26.7 Å². The first-order chi connectivity index (χ1) is 15.6. The molecule has 2 atom stereocenters. The molecule has 0 saturated carbocycles. The molecule has 4 N–H and O–H groups in total. The van der Waals surface area contributed by atoms with Crippen molar-refractivity contribution in [1.82, 2.24) is 9.80 Å². The second kappa shape index (κ2) is 9.29. The maximum Gasteiger partial charge on any atom is 0.227 e. The summed E-state index contributed by atoms with van der Waals surface area (Å²) in [5.41, 5.74) is 2.81. The second-order valence-electron chi connectivity index (χ2n) is 8.69. The van der Waals surface area contributed by atoms with Gasteiger partial charge >= 0.3 is 0 Å². The maximum absolute atomic E-state index is 14.2. The number of hydrogen-bond donors (Lipinski definition) is 4. The van der Waals surface area contributed by atoms with Crippen LogP contribution >= 0.6 is 10.8 Å². The third-order valence-electron chi connectivity index (χ3n) is 6.13. The van der Waals surface area contributed by atoms with E-state index in [-0.39, 0.29) is 23.6 Å². The third kappa shape index (κ3) is 5.46. The number of amides is 1. The van der Waals surface area contributed by atoms with E-state index in [1.807, 2.05) is 11.0 Å². The minimum Gasteiger partial charge on any atom is -0.392 e. The van der Waals surface area contributed by atoms with Gasteiger partial charge in [-0.3, -0.25) is 23.5 Å². The van der Waals surface area contributed by atoms with Crippen LogP contribution in [0.5, 0.6) is 0 Å². The molecular formula is C23H27FN4O4S. The number of carbonyl (C=O) groups excluding carboxylic acids is 1. The number of carbonyl (C=O) groups is 1. The number of likely N-dealkylation sites (tertiary alicyclic amines) is 1. The van der Waals surface area contributed by atoms with E-state index >= 15 is 0 Å². The number of anilines is 1. The average Bonchev–Trinajstić information content (AvgIpc) is 3.30. The first kappa shape index (κ1) is 23.5. The molecule has 2 aromatic rings. The monoisotopic (exact) mass is 474 g/mol. The van der Waals surface area contributed by atoms with Gasteiger partial charge in [0.1, 0.15) is 5.82 Å². The van der Waals surface area contributed by atoms with Gasteiger partial charge < -0.3 is 10.0 Å². The zero-order chi connectivity index (χ0) is 23.8. The summed E-state index contributed by atoms with van der Waals surface area (Å²) < 4.78 is 36.6. The minimum absolute atomic E-state index is 0.0736. The standard InChI is InChI=1S/C23H27FN4O4S/c1-27(23(30)9-15-2-3-17-14-33(31,32)26-21(17)8-15)22(13-28-5-4-20(29)12-28)18-6-16(11-25)7-19(24)10-18/h2-3,6-8,10,20,22,26,29,31-32H,4-5,9,12-14H2,1H3/t20?,22-/m1/s1. The second-order valence-corrected chi connectivity index (χ2v) is 10.5. The number of nitriles is 1. The van der Waals surface area contributed by atoms with Crippen LogP contribution < -0.4 is 4.72 Å². The number of aliphatic hydroxyl groups excluding tert-OH is 1. The van der Waals surface area contributed by atoms with Crippen LogP contribution in [-0.4, -0.2) is 62.7 Å². The lowest BCUT2D eigenvalue weighted by molar-refractivity contribution is -0.131. The van der Waals surface area contributed by atoms with Gasteiger partial charge in [-0.15, -0.1) is 10.8 Å². The van der Waals surface area contributed by atoms with Crippen molar-refractivity contribution in [3.05, 3.63) is 64.5 Å². The van der Waals surface area contributed by atoms with Gasteiger partial charge in [-0.1, -0.05) is 12.1 Å². The van der Waals surface area contributed by atoms with Crippen molar-refractivity contribution in [2.45, 2.75) is 30.7 Å². The summed E-state index contributed by atoms with van der Waals surface area (Å²) in [7, 11) is -1.23. The molecular weight excluding hydrogens is 447 g/mol. The predicted molar refractivity (Wildman–Crippen MR) is 124 cm³/mol. The molecule has 0 aliphatic carbocycles. The predicted octanol–water partition coefficient (Wildman–Crippen LogP) is 3.10. The summed E-state index contributed by atoms with van der Waals surface area (Å²) in [5, 5.41) is 19.2. The molecule has 1 amide bonds. The lowest BCUT2D eigenvalue weighted by Gasteiger charge is -2.32. The van der Waals surface area contributed by atoms with E-state index in [0.29, 0.717) is 42.9 Å². The Hall–Kier alpha value is -2.68. The summed E-state index contributed by atoms with van der Waals surface area (Å²) in [4.78, 5) is 16.8. The molecule has 0 radical (unpaired) electrons. The molecule has 176 valence electrons. The summed E-state index contributed by atoms with van der Waals surface area (Å²) in [6.45, 7) is 1.55. The highest BCUT2D eigenvalue weighted by atomic mass is 32.3. The Kier molecular flexibility index (Phi) is 6.61. The number of aliphatic hydroxyl groups is 1. The molecule has 2 aliphatic heterocycles. The van der Waals surface area contributed by atoms with Crippen LogP contribution in [0.1, 0.15) is 34.7 Å². The summed E-state index contributed by atoms with van der Waals surface area (Å²) in [6.07, 6.45) is 0.280. The maximum atomic E-state index is 14.2. The number of likely N-dealkylation sites (N-methyl/N-ethyl adjacent to an activating group) is 1. The Morgan fingerprint density at radius 3 is 2.85 bits per heavy atom. The molecule has 10 heteroatoms. The van der Waals surface area contributed by atoms with Gasteiger partial charge in [0.15, 0.2) is 0 Å². The van der Waals surface area contributed by atoms with E-state index in [1.165, 1.54) is 6.07 Å². The number of nitrogens with one attached hydrogen (secondary N) is 1. The first-order valence-corrected chi connectivity index (χ1v) is 12.4. The highest BCUT2D eigenvalue weighted by molar-refractivity contribution is 8.25. The Balaban J connectivity index is 1.56. The summed E-state index contributed by atoms with van der Waals surface area (Å²) >= 11 is 0. The highest BCUT2D eigenvalue weighted by Gasteiger charge is 2.29. The Morgan fingerprint density at radius 1 is 1.36 bits per heavy atom. The van der Waals surface area contributed by atoms with Crippen LogP contribution in [0, 0.1) is 17.1 Å². The number of benzene rings is 2. The molecule has 0 aromatic heterocycles. The van der Waals surface area contributed by atoms with E-state index in [4.69, 9.17) is 0 Å². The number of hydrogen-bond acceptors (Lipinski definition) is 7. The van der Waals surface area contributed by atoms with Gasteiger partial charge in [-0.05, 0) is 47.4 Å². The van der Waals surface area contributed by atoms with Crippen molar-refractivity contribution in [3.8, 4) is 6.07 Å². The Labute approximate surface area is 193 Å². The third-order valence-corrected chi connectivity index (χ3v) is 7.39. The van der Waals surface area contributed by atoms with Gasteiger partial charge in [0.2, 0.25) is 5.91 Å². The van der Waals surface area contributed by atoms with Crippen LogP contribution in [0.15, 0.2) is 36.4 Å². The SMILES string of the molecule is CN(C(=O)Cc1ccc2c(c1)NS(O)(O)C2)[C@H](CN1CCC(O)C1)c1cc(F)cc(C#N)c1. The number of β-amino-alcohol motifs (C(OH)–C–C–N with tert-alkyl or cyclic N) is 1. The number of rotatable bonds is 6. The van der Waals surface area contributed by atoms with Crippen molar-refractivity contribution in [1.29, 1.82) is 5.26 Å². The Bertz CT molecular complexity index is 1110. The van der Waals surface area contributed by atoms with E-state index < -0.39 is 28.7 Å². The van der Waals surface area contributed by atoms with Crippen LogP contribution in [-0.2, 0) is 17.0 Å². The molecule has 0 bridgehead atoms. The van der Waals surface area contributed by atoms with Crippen molar-refractivity contribution >= 4 is 22.4 Å². The van der Waals surface area contributed by atoms with Crippen molar-refractivity contribution < 1.29 is 23.4 Å². The fourth-order valence-electron chi connectivity index (χ4n) is 4.40. The van der Waals surface area contributed by atoms with E-state index in [9.17, 15) is 28.7 Å². The fourth-order valence-corrected chi connectivity index (χ4v) is 5.70. The molecule has 1 saturated heterocycles. The molecule has 4 rings (SSSR count). The quantitative estimate of drug-likeness (QED) is 0.508. The topological polar surface area (TPSA) is 120 Å². The van der Waals surface area contributed by atoms with Crippen molar-refractivity contribution in [2.75, 3.05) is 31.4 Å². The summed E-state index contributed by atoms with van der Waals surface area (Å²) in [5.74, 6) is -0.604. The first-order valence-electron chi connectivity index (χ1n) is 10.7. The molecule has 0 spiro atoms. The van der Waals surface area contributed by atoms with Gasteiger partial charge in [0.05, 0.1) is 41.6 Å². The van der Waals surface area contributed by atoms with Gasteiger partial charge in [-0.2, -0.15) is 5.26 Å². The van der Waals surface area contributed by atoms with Crippen molar-refractivity contribution in [3.63, 3.8) is 0 Å². The van der Waals surface area contributed by atoms with Gasteiger partial charge in [0.25, 0.3) is 0 Å². The highest BCUT2D eigenvalue weighted by Crippen LogP contribution is 2.50. The molecule has 33 heavy (non-hydrogen) atoms. The van der Waals surface area contributed by atoms with Crippen LogP contribution in [0.4, 0.5) is 10.1 Å². The molecule has 1 fully saturated rings. The molecule has 2 heterocycles. The minimum atomic E-state index is -2.88. The summed E-state index contributed by atoms with van der Waals surface area (Å²) in [6, 6.07) is 10.8. The zero-order valence-electron chi connectivity index (χ0n) is 18.2. The molecule has 2 aliphatic rings. The number of fused-ring (bicyclic) bond motifs is 1. The molecule has 1 unspecified atom stereocenters. The van der Waals surface area contributed by atoms with E-state index in [2.05, 4.69) is 4.72 Å². The zero-order valence-corrected chi connectivity index (χ0v) is 19.1. The van der Waals surface area contributed by atoms with Crippen molar-refractivity contribution in [2.24, 2.45) is 0 Å². The van der Waals surface area contributed by atoms with Gasteiger partial charge in [-0.25, -0.2) is 4.39 Å². The molecule has 2 aromatic carbocycles. The van der Waals surface area contributed by atoms with E-state index in [0.717, 1.165) is 11.6 Å². The smallest absolute Gasteiger partial charge is 0.227 e. The molecule has 8 nitrogen and oxygen atoms in total. The normalized spacial score (nSPS) is 21.0. The number of nitrogens with zero attached hydrogens (tertiary/aromatic N) is 3. The Morgan fingerprint density at radius 2 is 2.15 bits per heavy atom. The average molecular weight is 475 g/mol. The lowest BCUT2D eigenvalue weighted by Crippen LogP contribution is -2.39. The largest absolute Gasteiger partial charge is 0.392 e. The van der Waals surface area contributed by atoms with Crippen LogP contribution in [0.3, 0.4) is 0 Å².